The number of carboxylic acids is 1. The molecule has 0 bridgehead atoms. The molecule has 0 unspecified atom stereocenters. The highest BCUT2D eigenvalue weighted by molar-refractivity contribution is 5.78. The molecule has 88 valence electrons. The molecule has 1 atom stereocenters. The quantitative estimate of drug-likeness (QED) is 0.796. The van der Waals surface area contributed by atoms with Crippen LogP contribution in [0, 0.1) is 0 Å². The van der Waals surface area contributed by atoms with Gasteiger partial charge in [0.1, 0.15) is 18.2 Å². The van der Waals surface area contributed by atoms with Crippen LogP contribution in [0.5, 0.6) is 0 Å². The Kier molecular flexibility index (Phi) is 2.17. The summed E-state index contributed by atoms with van der Waals surface area (Å²) in [5, 5.41) is 21.0. The van der Waals surface area contributed by atoms with Crippen LogP contribution in [0.15, 0.2) is 18.5 Å². The van der Waals surface area contributed by atoms with Crippen LogP contribution < -0.4 is 4.90 Å². The summed E-state index contributed by atoms with van der Waals surface area (Å²) in [5.74, 6) is -0.143. The Labute approximate surface area is 96.7 Å². The minimum atomic E-state index is -0.798. The molecule has 2 aromatic rings. The second-order valence-corrected chi connectivity index (χ2v) is 4.01. The Morgan fingerprint density at radius 2 is 2.35 bits per heavy atom. The third kappa shape index (κ3) is 1.59. The largest absolute Gasteiger partial charge is 0.480 e. The highest BCUT2D eigenvalue weighted by atomic mass is 16.4. The van der Waals surface area contributed by atoms with E-state index in [4.69, 9.17) is 5.11 Å². The van der Waals surface area contributed by atoms with Crippen molar-refractivity contribution >= 4 is 17.4 Å². The maximum atomic E-state index is 11.1. The molecule has 1 saturated heterocycles. The molecule has 1 aliphatic heterocycles. The number of hydrogen-bond donors (Lipinski definition) is 1. The number of fused-ring (bicyclic) bond motifs is 1. The molecule has 3 heterocycles. The van der Waals surface area contributed by atoms with Gasteiger partial charge in [0.25, 0.3) is 0 Å². The fourth-order valence-corrected chi connectivity index (χ4v) is 2.17. The lowest BCUT2D eigenvalue weighted by molar-refractivity contribution is -0.138. The summed E-state index contributed by atoms with van der Waals surface area (Å²) < 4.78 is 1.55. The number of nitrogens with zero attached hydrogens (tertiary/aromatic N) is 5. The van der Waals surface area contributed by atoms with E-state index in [-0.39, 0.29) is 0 Å². The molecule has 0 spiro atoms. The van der Waals surface area contributed by atoms with Gasteiger partial charge >= 0.3 is 5.97 Å². The smallest absolute Gasteiger partial charge is 0.326 e. The molecule has 7 heteroatoms. The standard InChI is InChI=1S/C10H11N5O2/c16-10(17)7-2-1-5-14(7)9-4-3-8-12-11-6-15(8)13-9/h3-4,6-7H,1-2,5H2,(H,16,17)/t7-/m1/s1. The second-order valence-electron chi connectivity index (χ2n) is 4.01. The molecule has 0 radical (unpaired) electrons. The SMILES string of the molecule is O=C(O)[C@H]1CCCN1c1ccc2nncn2n1. The minimum absolute atomic E-state index is 0.476. The Morgan fingerprint density at radius 3 is 3.18 bits per heavy atom. The second kappa shape index (κ2) is 3.69. The van der Waals surface area contributed by atoms with Crippen LogP contribution in [0.25, 0.3) is 5.65 Å². The van der Waals surface area contributed by atoms with Gasteiger partial charge < -0.3 is 10.0 Å². The van der Waals surface area contributed by atoms with E-state index >= 15 is 0 Å². The number of rotatable bonds is 2. The maximum absolute atomic E-state index is 11.1. The van der Waals surface area contributed by atoms with Crippen molar-refractivity contribution in [3.05, 3.63) is 18.5 Å². The Morgan fingerprint density at radius 1 is 1.47 bits per heavy atom. The molecule has 2 aromatic heterocycles. The van der Waals surface area contributed by atoms with E-state index in [1.54, 1.807) is 16.6 Å². The van der Waals surface area contributed by atoms with Crippen molar-refractivity contribution in [3.8, 4) is 0 Å². The summed E-state index contributed by atoms with van der Waals surface area (Å²) in [7, 11) is 0. The Bertz CT molecular complexity index is 567. The van der Waals surface area contributed by atoms with E-state index in [2.05, 4.69) is 15.3 Å². The number of aliphatic carboxylic acids is 1. The predicted octanol–water partition coefficient (Wildman–Crippen LogP) is 0.178. The minimum Gasteiger partial charge on any atom is -0.480 e. The highest BCUT2D eigenvalue weighted by Gasteiger charge is 2.31. The number of anilines is 1. The molecule has 1 aliphatic rings. The van der Waals surface area contributed by atoms with Crippen molar-refractivity contribution in [1.29, 1.82) is 0 Å². The molecule has 1 N–H and O–H groups in total. The van der Waals surface area contributed by atoms with Crippen LogP contribution in [-0.4, -0.2) is 43.5 Å². The number of carboxylic acid groups (broad SMARTS) is 1. The van der Waals surface area contributed by atoms with Gasteiger partial charge in [0.15, 0.2) is 5.65 Å². The van der Waals surface area contributed by atoms with Crippen LogP contribution in [0.3, 0.4) is 0 Å². The molecule has 0 aromatic carbocycles. The molecule has 0 aliphatic carbocycles. The van der Waals surface area contributed by atoms with Gasteiger partial charge in [-0.1, -0.05) is 0 Å². The van der Waals surface area contributed by atoms with Crippen LogP contribution in [0.4, 0.5) is 5.82 Å². The normalized spacial score (nSPS) is 20.0. The summed E-state index contributed by atoms with van der Waals surface area (Å²) in [5.41, 5.74) is 0.653. The zero-order valence-corrected chi connectivity index (χ0v) is 9.02. The lowest BCUT2D eigenvalue weighted by atomic mass is 10.2. The zero-order valence-electron chi connectivity index (χ0n) is 9.02. The molecule has 0 saturated carbocycles. The van der Waals surface area contributed by atoms with E-state index < -0.39 is 12.0 Å². The number of carbonyl (C=O) groups is 1. The van der Waals surface area contributed by atoms with E-state index in [9.17, 15) is 4.79 Å². The zero-order chi connectivity index (χ0) is 11.8. The van der Waals surface area contributed by atoms with Crippen molar-refractivity contribution in [2.75, 3.05) is 11.4 Å². The van der Waals surface area contributed by atoms with Gasteiger partial charge in [0.05, 0.1) is 0 Å². The summed E-state index contributed by atoms with van der Waals surface area (Å²) in [6, 6.07) is 3.09. The van der Waals surface area contributed by atoms with Crippen LogP contribution in [0.2, 0.25) is 0 Å². The van der Waals surface area contributed by atoms with Crippen LogP contribution in [-0.2, 0) is 4.79 Å². The van der Waals surface area contributed by atoms with Gasteiger partial charge in [-0.05, 0) is 25.0 Å². The third-order valence-corrected chi connectivity index (χ3v) is 2.98. The summed E-state index contributed by atoms with van der Waals surface area (Å²) in [6.45, 7) is 0.720. The van der Waals surface area contributed by atoms with Gasteiger partial charge in [-0.25, -0.2) is 4.79 Å². The van der Waals surface area contributed by atoms with Gasteiger partial charge in [-0.3, -0.25) is 0 Å². The molecule has 3 rings (SSSR count). The van der Waals surface area contributed by atoms with Gasteiger partial charge in [0, 0.05) is 6.54 Å². The first-order valence-corrected chi connectivity index (χ1v) is 5.42. The fourth-order valence-electron chi connectivity index (χ4n) is 2.17. The average molecular weight is 233 g/mol. The summed E-state index contributed by atoms with van der Waals surface area (Å²) >= 11 is 0. The van der Waals surface area contributed by atoms with Gasteiger partial charge in [-0.2, -0.15) is 4.52 Å². The monoisotopic (exact) mass is 233 g/mol. The Hall–Kier alpha value is -2.18. The fraction of sp³-hybridized carbons (Fsp3) is 0.400. The van der Waals surface area contributed by atoms with Crippen molar-refractivity contribution in [3.63, 3.8) is 0 Å². The Balaban J connectivity index is 1.99. The van der Waals surface area contributed by atoms with E-state index in [1.165, 1.54) is 6.33 Å². The third-order valence-electron chi connectivity index (χ3n) is 2.98. The maximum Gasteiger partial charge on any atom is 0.326 e. The average Bonchev–Trinajstić information content (AvgIpc) is 2.96. The number of aromatic nitrogens is 4. The molecule has 1 fully saturated rings. The van der Waals surface area contributed by atoms with Crippen molar-refractivity contribution in [2.45, 2.75) is 18.9 Å². The molecular weight excluding hydrogens is 222 g/mol. The lowest BCUT2D eigenvalue weighted by Gasteiger charge is -2.21. The van der Waals surface area contributed by atoms with E-state index in [0.29, 0.717) is 17.9 Å². The summed E-state index contributed by atoms with van der Waals surface area (Å²) in [6.07, 6.45) is 3.04. The number of hydrogen-bond acceptors (Lipinski definition) is 5. The van der Waals surface area contributed by atoms with Gasteiger partial charge in [-0.15, -0.1) is 15.3 Å². The molecule has 7 nitrogen and oxygen atoms in total. The van der Waals surface area contributed by atoms with Crippen molar-refractivity contribution in [1.82, 2.24) is 19.8 Å². The molecule has 17 heavy (non-hydrogen) atoms. The lowest BCUT2D eigenvalue weighted by Crippen LogP contribution is -2.36. The van der Waals surface area contributed by atoms with Crippen molar-refractivity contribution in [2.24, 2.45) is 0 Å². The first-order valence-electron chi connectivity index (χ1n) is 5.42. The molecular formula is C10H11N5O2. The van der Waals surface area contributed by atoms with Crippen LogP contribution >= 0.6 is 0 Å². The highest BCUT2D eigenvalue weighted by Crippen LogP contribution is 2.23. The van der Waals surface area contributed by atoms with Crippen LogP contribution in [0.1, 0.15) is 12.8 Å². The van der Waals surface area contributed by atoms with Gasteiger partial charge in [0.2, 0.25) is 0 Å². The predicted molar refractivity (Wildman–Crippen MR) is 58.8 cm³/mol. The summed E-state index contributed by atoms with van der Waals surface area (Å²) in [4.78, 5) is 12.9. The van der Waals surface area contributed by atoms with E-state index in [0.717, 1.165) is 13.0 Å². The van der Waals surface area contributed by atoms with E-state index in [1.807, 2.05) is 4.90 Å². The first-order chi connectivity index (χ1) is 8.25. The van der Waals surface area contributed by atoms with Crippen molar-refractivity contribution < 1.29 is 9.90 Å². The first kappa shape index (κ1) is 10.0. The molecule has 0 amide bonds. The topological polar surface area (TPSA) is 83.6 Å².